The van der Waals surface area contributed by atoms with Crippen LogP contribution in [-0.2, 0) is 10.0 Å². The molecule has 3 heterocycles. The predicted molar refractivity (Wildman–Crippen MR) is 119 cm³/mol. The standard InChI is InChI=1S/C20H21ClN4O4S2/c1-12-6-7-14(21)10-15(12)24-31(27,28)17-11-16(30-13(17)2)18-22-23-19(29-18)20(26)25-8-4-3-5-9-25/h6-7,10-11,24H,3-5,8-9H2,1-2H3. The maximum absolute atomic E-state index is 13.0. The lowest BCUT2D eigenvalue weighted by Gasteiger charge is -2.24. The van der Waals surface area contributed by atoms with Crippen molar-refractivity contribution in [2.24, 2.45) is 0 Å². The Labute approximate surface area is 189 Å². The van der Waals surface area contributed by atoms with Crippen molar-refractivity contribution in [3.8, 4) is 10.8 Å². The van der Waals surface area contributed by atoms with Crippen LogP contribution in [0.3, 0.4) is 0 Å². The minimum atomic E-state index is -3.86. The van der Waals surface area contributed by atoms with E-state index in [1.54, 1.807) is 36.9 Å². The molecule has 1 aromatic carbocycles. The van der Waals surface area contributed by atoms with Gasteiger partial charge in [-0.3, -0.25) is 9.52 Å². The van der Waals surface area contributed by atoms with Crippen molar-refractivity contribution in [1.82, 2.24) is 15.1 Å². The third-order valence-corrected chi connectivity index (χ3v) is 7.96. The van der Waals surface area contributed by atoms with Crippen LogP contribution in [0.1, 0.15) is 40.4 Å². The van der Waals surface area contributed by atoms with Gasteiger partial charge in [-0.05, 0) is 56.9 Å². The van der Waals surface area contributed by atoms with E-state index in [-0.39, 0.29) is 22.6 Å². The summed E-state index contributed by atoms with van der Waals surface area (Å²) in [7, 11) is -3.86. The van der Waals surface area contributed by atoms with E-state index in [0.717, 1.165) is 24.8 Å². The van der Waals surface area contributed by atoms with Gasteiger partial charge in [0.1, 0.15) is 4.90 Å². The molecule has 4 rings (SSSR count). The van der Waals surface area contributed by atoms with Gasteiger partial charge in [-0.2, -0.15) is 0 Å². The number of piperidine rings is 1. The van der Waals surface area contributed by atoms with E-state index in [9.17, 15) is 13.2 Å². The number of anilines is 1. The van der Waals surface area contributed by atoms with Crippen molar-refractivity contribution in [3.63, 3.8) is 0 Å². The number of aryl methyl sites for hydroxylation is 2. The molecule has 0 aliphatic carbocycles. The number of halogens is 1. The first kappa shape index (κ1) is 21.8. The van der Waals surface area contributed by atoms with Crippen LogP contribution in [0.25, 0.3) is 10.8 Å². The van der Waals surface area contributed by atoms with Crippen molar-refractivity contribution in [2.75, 3.05) is 17.8 Å². The van der Waals surface area contributed by atoms with Crippen LogP contribution in [0.5, 0.6) is 0 Å². The highest BCUT2D eigenvalue weighted by Crippen LogP contribution is 2.34. The van der Waals surface area contributed by atoms with E-state index in [0.29, 0.717) is 33.6 Å². The van der Waals surface area contributed by atoms with Gasteiger partial charge >= 0.3 is 11.8 Å². The van der Waals surface area contributed by atoms with Crippen LogP contribution in [0.2, 0.25) is 5.02 Å². The maximum atomic E-state index is 13.0. The SMILES string of the molecule is Cc1ccc(Cl)cc1NS(=O)(=O)c1cc(-c2nnc(C(=O)N3CCCCC3)o2)sc1C. The molecule has 31 heavy (non-hydrogen) atoms. The lowest BCUT2D eigenvalue weighted by molar-refractivity contribution is 0.0684. The number of nitrogens with one attached hydrogen (secondary N) is 1. The molecule has 3 aromatic rings. The molecule has 164 valence electrons. The molecule has 0 unspecified atom stereocenters. The number of benzene rings is 1. The second-order valence-corrected chi connectivity index (χ2v) is 10.7. The molecule has 1 amide bonds. The van der Waals surface area contributed by atoms with Crippen LogP contribution in [0.4, 0.5) is 5.69 Å². The zero-order chi connectivity index (χ0) is 22.2. The lowest BCUT2D eigenvalue weighted by Crippen LogP contribution is -2.35. The average molecular weight is 481 g/mol. The minimum absolute atomic E-state index is 0.0833. The Hall–Kier alpha value is -2.43. The number of aromatic nitrogens is 2. The van der Waals surface area contributed by atoms with Crippen molar-refractivity contribution >= 4 is 44.6 Å². The normalized spacial score (nSPS) is 14.6. The van der Waals surface area contributed by atoms with Crippen LogP contribution in [0.15, 0.2) is 33.6 Å². The van der Waals surface area contributed by atoms with Crippen molar-refractivity contribution in [2.45, 2.75) is 38.0 Å². The quantitative estimate of drug-likeness (QED) is 0.576. The minimum Gasteiger partial charge on any atom is -0.411 e. The fourth-order valence-corrected chi connectivity index (χ4v) is 6.19. The lowest BCUT2D eigenvalue weighted by atomic mass is 10.1. The number of nitrogens with zero attached hydrogens (tertiary/aromatic N) is 3. The maximum Gasteiger partial charge on any atom is 0.311 e. The van der Waals surface area contributed by atoms with Gasteiger partial charge in [0.2, 0.25) is 0 Å². The summed E-state index contributed by atoms with van der Waals surface area (Å²) in [6.45, 7) is 4.83. The summed E-state index contributed by atoms with van der Waals surface area (Å²) in [6, 6.07) is 6.48. The first-order valence-electron chi connectivity index (χ1n) is 9.77. The van der Waals surface area contributed by atoms with E-state index < -0.39 is 10.0 Å². The smallest absolute Gasteiger partial charge is 0.311 e. The van der Waals surface area contributed by atoms with Crippen LogP contribution in [0, 0.1) is 13.8 Å². The van der Waals surface area contributed by atoms with Crippen LogP contribution >= 0.6 is 22.9 Å². The second kappa shape index (κ2) is 8.60. The van der Waals surface area contributed by atoms with Crippen LogP contribution in [-0.4, -0.2) is 42.5 Å². The van der Waals surface area contributed by atoms with E-state index in [2.05, 4.69) is 14.9 Å². The summed E-state index contributed by atoms with van der Waals surface area (Å²) in [6.07, 6.45) is 3.02. The summed E-state index contributed by atoms with van der Waals surface area (Å²) >= 11 is 7.21. The van der Waals surface area contributed by atoms with E-state index in [1.807, 2.05) is 0 Å². The van der Waals surface area contributed by atoms with Crippen LogP contribution < -0.4 is 4.72 Å². The molecule has 11 heteroatoms. The van der Waals surface area contributed by atoms with Gasteiger partial charge < -0.3 is 9.32 Å². The summed E-state index contributed by atoms with van der Waals surface area (Å²) in [5.74, 6) is -0.258. The highest BCUT2D eigenvalue weighted by molar-refractivity contribution is 7.93. The number of carbonyl (C=O) groups is 1. The number of sulfonamides is 1. The van der Waals surface area contributed by atoms with Gasteiger partial charge in [0.15, 0.2) is 0 Å². The number of thiophene rings is 1. The predicted octanol–water partition coefficient (Wildman–Crippen LogP) is 4.50. The third-order valence-electron chi connectivity index (χ3n) is 5.07. The molecular weight excluding hydrogens is 460 g/mol. The van der Waals surface area contributed by atoms with Gasteiger partial charge in [0.05, 0.1) is 10.6 Å². The Bertz CT molecular complexity index is 1230. The number of amides is 1. The van der Waals surface area contributed by atoms with E-state index >= 15 is 0 Å². The zero-order valence-corrected chi connectivity index (χ0v) is 19.4. The molecular formula is C20H21ClN4O4S2. The summed E-state index contributed by atoms with van der Waals surface area (Å²) in [5, 5.41) is 8.27. The average Bonchev–Trinajstić information content (AvgIpc) is 3.38. The summed E-state index contributed by atoms with van der Waals surface area (Å²) in [4.78, 5) is 15.4. The molecule has 2 aromatic heterocycles. The van der Waals surface area contributed by atoms with Gasteiger partial charge in [-0.1, -0.05) is 17.7 Å². The van der Waals surface area contributed by atoms with Gasteiger partial charge in [0, 0.05) is 23.0 Å². The molecule has 0 spiro atoms. The Morgan fingerprint density at radius 3 is 2.65 bits per heavy atom. The zero-order valence-electron chi connectivity index (χ0n) is 17.0. The van der Waals surface area contributed by atoms with Gasteiger partial charge in [0.25, 0.3) is 15.9 Å². The number of rotatable bonds is 5. The Morgan fingerprint density at radius 2 is 1.90 bits per heavy atom. The monoisotopic (exact) mass is 480 g/mol. The van der Waals surface area contributed by atoms with Gasteiger partial charge in [-0.15, -0.1) is 21.5 Å². The third kappa shape index (κ3) is 4.60. The molecule has 1 saturated heterocycles. The first-order valence-corrected chi connectivity index (χ1v) is 12.4. The molecule has 1 N–H and O–H groups in total. The van der Waals surface area contributed by atoms with Crippen molar-refractivity contribution in [3.05, 3.63) is 45.6 Å². The van der Waals surface area contributed by atoms with E-state index in [1.165, 1.54) is 17.4 Å². The fraction of sp³-hybridized carbons (Fsp3) is 0.350. The molecule has 0 saturated carbocycles. The summed E-state index contributed by atoms with van der Waals surface area (Å²) < 4.78 is 34.1. The molecule has 0 bridgehead atoms. The fourth-order valence-electron chi connectivity index (χ4n) is 3.38. The number of hydrogen-bond donors (Lipinski definition) is 1. The molecule has 0 atom stereocenters. The molecule has 1 aliphatic rings. The topological polar surface area (TPSA) is 105 Å². The molecule has 1 fully saturated rings. The molecule has 0 radical (unpaired) electrons. The Morgan fingerprint density at radius 1 is 1.16 bits per heavy atom. The molecule has 8 nitrogen and oxygen atoms in total. The number of likely N-dealkylation sites (tertiary alicyclic amines) is 1. The second-order valence-electron chi connectivity index (χ2n) is 7.36. The largest absolute Gasteiger partial charge is 0.411 e. The number of carbonyl (C=O) groups excluding carboxylic acids is 1. The van der Waals surface area contributed by atoms with Crippen molar-refractivity contribution < 1.29 is 17.6 Å². The highest BCUT2D eigenvalue weighted by Gasteiger charge is 2.26. The summed E-state index contributed by atoms with van der Waals surface area (Å²) in [5.41, 5.74) is 1.16. The van der Waals surface area contributed by atoms with Crippen molar-refractivity contribution in [1.29, 1.82) is 0 Å². The Balaban J connectivity index is 1.58. The van der Waals surface area contributed by atoms with Gasteiger partial charge in [-0.25, -0.2) is 8.42 Å². The van der Waals surface area contributed by atoms with E-state index in [4.69, 9.17) is 16.0 Å². The molecule has 1 aliphatic heterocycles. The first-order chi connectivity index (χ1) is 14.7. The Kier molecular flexibility index (Phi) is 6.05. The highest BCUT2D eigenvalue weighted by atomic mass is 35.5. The number of hydrogen-bond acceptors (Lipinski definition) is 7.